The number of hydrogen-bond acceptors (Lipinski definition) is 3. The Hall–Kier alpha value is -2.89. The number of fused-ring (bicyclic) bond motifs is 1. The molecule has 0 spiro atoms. The first-order chi connectivity index (χ1) is 17.8. The zero-order valence-corrected chi connectivity index (χ0v) is 24.2. The number of halogens is 1. The maximum atomic E-state index is 13.4. The van der Waals surface area contributed by atoms with E-state index in [9.17, 15) is 9.59 Å². The Kier molecular flexibility index (Phi) is 10.3. The Labute approximate surface area is 234 Å². The molecule has 4 rings (SSSR count). The summed E-state index contributed by atoms with van der Waals surface area (Å²) in [5.74, 6) is 0.463. The fourth-order valence-electron chi connectivity index (χ4n) is 5.90. The fourth-order valence-corrected chi connectivity index (χ4v) is 5.90. The van der Waals surface area contributed by atoms with Crippen molar-refractivity contribution in [2.75, 3.05) is 37.6 Å². The molecule has 1 aliphatic heterocycles. The number of benzene rings is 3. The van der Waals surface area contributed by atoms with Crippen molar-refractivity contribution in [2.24, 2.45) is 11.8 Å². The van der Waals surface area contributed by atoms with Crippen LogP contribution < -0.4 is 10.2 Å². The molecule has 2 atom stereocenters. The van der Waals surface area contributed by atoms with Gasteiger partial charge >= 0.3 is 0 Å². The molecule has 0 aromatic heterocycles. The van der Waals surface area contributed by atoms with Crippen LogP contribution in [0.25, 0.3) is 10.8 Å². The molecule has 3 aromatic rings. The number of hydrogen-bond donors (Lipinski definition) is 1. The number of anilines is 1. The van der Waals surface area contributed by atoms with Gasteiger partial charge in [0.25, 0.3) is 5.91 Å². The predicted octanol–water partition coefficient (Wildman–Crippen LogP) is 6.18. The second-order valence-corrected chi connectivity index (χ2v) is 10.5. The number of likely N-dealkylation sites (N-methyl/N-ethyl adjacent to an activating group) is 1. The van der Waals surface area contributed by atoms with E-state index < -0.39 is 0 Å². The molecular formula is C32H42ClN3O2. The lowest BCUT2D eigenvalue weighted by molar-refractivity contribution is -0.124. The Balaban J connectivity index is 0.00000400. The van der Waals surface area contributed by atoms with Crippen LogP contribution in [-0.2, 0) is 11.2 Å². The second-order valence-electron chi connectivity index (χ2n) is 10.5. The third kappa shape index (κ3) is 6.57. The molecule has 1 aliphatic rings. The summed E-state index contributed by atoms with van der Waals surface area (Å²) in [5, 5.41) is 5.61. The topological polar surface area (TPSA) is 52.7 Å². The van der Waals surface area contributed by atoms with Gasteiger partial charge in [0.05, 0.1) is 0 Å². The maximum Gasteiger partial charge on any atom is 0.251 e. The molecule has 38 heavy (non-hydrogen) atoms. The molecule has 0 unspecified atom stereocenters. The average molecular weight is 536 g/mol. The zero-order chi connectivity index (χ0) is 26.5. The molecule has 5 nitrogen and oxygen atoms in total. The number of piperidine rings is 1. The van der Waals surface area contributed by atoms with Gasteiger partial charge in [-0.1, -0.05) is 63.2 Å². The van der Waals surface area contributed by atoms with E-state index in [4.69, 9.17) is 0 Å². The summed E-state index contributed by atoms with van der Waals surface area (Å²) in [6.45, 7) is 14.5. The van der Waals surface area contributed by atoms with Crippen LogP contribution in [0.3, 0.4) is 0 Å². The minimum absolute atomic E-state index is 0. The van der Waals surface area contributed by atoms with Gasteiger partial charge in [-0.3, -0.25) is 9.59 Å². The molecule has 6 heteroatoms. The van der Waals surface area contributed by atoms with Gasteiger partial charge in [0, 0.05) is 36.8 Å². The van der Waals surface area contributed by atoms with E-state index >= 15 is 0 Å². The second kappa shape index (κ2) is 13.3. The van der Waals surface area contributed by atoms with E-state index in [0.717, 1.165) is 49.3 Å². The van der Waals surface area contributed by atoms with Gasteiger partial charge in [0.15, 0.2) is 0 Å². The highest BCUT2D eigenvalue weighted by molar-refractivity contribution is 5.99. The minimum atomic E-state index is -0.0583. The summed E-state index contributed by atoms with van der Waals surface area (Å²) in [6, 6.07) is 18.9. The van der Waals surface area contributed by atoms with Crippen molar-refractivity contribution in [1.82, 2.24) is 10.2 Å². The molecule has 2 amide bonds. The van der Waals surface area contributed by atoms with E-state index in [1.165, 1.54) is 16.3 Å². The van der Waals surface area contributed by atoms with Gasteiger partial charge in [-0.25, -0.2) is 0 Å². The molecule has 1 saturated heterocycles. The first kappa shape index (κ1) is 29.7. The van der Waals surface area contributed by atoms with Gasteiger partial charge in [-0.05, 0) is 85.3 Å². The van der Waals surface area contributed by atoms with Crippen molar-refractivity contribution in [3.8, 4) is 0 Å². The van der Waals surface area contributed by atoms with E-state index in [0.29, 0.717) is 24.6 Å². The van der Waals surface area contributed by atoms with Gasteiger partial charge in [-0.15, -0.1) is 12.4 Å². The first-order valence-corrected chi connectivity index (χ1v) is 13.7. The lowest BCUT2D eigenvalue weighted by atomic mass is 9.83. The predicted molar refractivity (Wildman–Crippen MR) is 161 cm³/mol. The summed E-state index contributed by atoms with van der Waals surface area (Å²) < 4.78 is 0. The first-order valence-electron chi connectivity index (χ1n) is 13.7. The molecule has 3 aromatic carbocycles. The monoisotopic (exact) mass is 535 g/mol. The number of amides is 2. The minimum Gasteiger partial charge on any atom is -0.351 e. The molecule has 0 bridgehead atoms. The summed E-state index contributed by atoms with van der Waals surface area (Å²) in [5.41, 5.74) is 4.90. The highest BCUT2D eigenvalue weighted by atomic mass is 35.5. The van der Waals surface area contributed by atoms with E-state index in [2.05, 4.69) is 66.5 Å². The van der Waals surface area contributed by atoms with Crippen molar-refractivity contribution >= 4 is 40.7 Å². The highest BCUT2D eigenvalue weighted by Gasteiger charge is 2.34. The van der Waals surface area contributed by atoms with Gasteiger partial charge in [0.2, 0.25) is 5.91 Å². The van der Waals surface area contributed by atoms with E-state index in [1.807, 2.05) is 37.8 Å². The van der Waals surface area contributed by atoms with Crippen LogP contribution in [-0.4, -0.2) is 49.4 Å². The smallest absolute Gasteiger partial charge is 0.251 e. The van der Waals surface area contributed by atoms with Crippen LogP contribution in [0.15, 0.2) is 54.6 Å². The number of carbonyl (C=O) groups excluding carboxylic acids is 2. The van der Waals surface area contributed by atoms with Gasteiger partial charge in [-0.2, -0.15) is 0 Å². The number of aryl methyl sites for hydroxylation is 2. The number of nitrogens with one attached hydrogen (secondary N) is 1. The molecule has 1 heterocycles. The normalized spacial score (nSPS) is 17.5. The Bertz CT molecular complexity index is 1240. The average Bonchev–Trinajstić information content (AvgIpc) is 2.89. The van der Waals surface area contributed by atoms with Gasteiger partial charge < -0.3 is 15.1 Å². The van der Waals surface area contributed by atoms with Crippen LogP contribution in [0.4, 0.5) is 5.69 Å². The maximum absolute atomic E-state index is 13.4. The van der Waals surface area contributed by atoms with Crippen LogP contribution in [0, 0.1) is 25.7 Å². The standard InChI is InChI=1S/C32H41N3O2.ClH/c1-6-34(7-2)16-15-33-31(36)28-18-22(3)30(23(4)19-28)35-21-25(17-24(5)32(35)37)20-27-13-10-12-26-11-8-9-14-29(26)27;/h8-14,18-19,24-25H,6-7,15-17,20-21H2,1-5H3,(H,33,36);1H/t24-,25-;/m1./s1. The van der Waals surface area contributed by atoms with Crippen LogP contribution in [0.5, 0.6) is 0 Å². The lowest BCUT2D eigenvalue weighted by Gasteiger charge is -2.38. The summed E-state index contributed by atoms with van der Waals surface area (Å²) in [4.78, 5) is 30.5. The lowest BCUT2D eigenvalue weighted by Crippen LogP contribution is -2.46. The molecule has 204 valence electrons. The third-order valence-corrected chi connectivity index (χ3v) is 7.83. The Morgan fingerprint density at radius 3 is 2.37 bits per heavy atom. The molecule has 0 saturated carbocycles. The van der Waals surface area contributed by atoms with Crippen molar-refractivity contribution in [2.45, 2.75) is 47.5 Å². The fraction of sp³-hybridized carbons (Fsp3) is 0.438. The summed E-state index contributed by atoms with van der Waals surface area (Å²) >= 11 is 0. The van der Waals surface area contributed by atoms with Crippen molar-refractivity contribution in [3.05, 3.63) is 76.9 Å². The van der Waals surface area contributed by atoms with Crippen molar-refractivity contribution in [3.63, 3.8) is 0 Å². The summed E-state index contributed by atoms with van der Waals surface area (Å²) in [7, 11) is 0. The SMILES string of the molecule is CCN(CC)CCNC(=O)c1cc(C)c(N2C[C@@H](Cc3cccc4ccccc34)C[C@@H](C)C2=O)c(C)c1.Cl. The Morgan fingerprint density at radius 1 is 1.03 bits per heavy atom. The molecular weight excluding hydrogens is 494 g/mol. The zero-order valence-electron chi connectivity index (χ0n) is 23.4. The summed E-state index contributed by atoms with van der Waals surface area (Å²) in [6.07, 6.45) is 1.84. The third-order valence-electron chi connectivity index (χ3n) is 7.83. The molecule has 0 aliphatic carbocycles. The van der Waals surface area contributed by atoms with Crippen LogP contribution in [0.2, 0.25) is 0 Å². The van der Waals surface area contributed by atoms with Gasteiger partial charge in [0.1, 0.15) is 0 Å². The van der Waals surface area contributed by atoms with Crippen LogP contribution >= 0.6 is 12.4 Å². The van der Waals surface area contributed by atoms with Crippen molar-refractivity contribution in [1.29, 1.82) is 0 Å². The molecule has 0 radical (unpaired) electrons. The largest absolute Gasteiger partial charge is 0.351 e. The molecule has 1 fully saturated rings. The van der Waals surface area contributed by atoms with Crippen LogP contribution in [0.1, 0.15) is 54.2 Å². The Morgan fingerprint density at radius 2 is 1.68 bits per heavy atom. The number of nitrogens with zero attached hydrogens (tertiary/aromatic N) is 2. The highest BCUT2D eigenvalue weighted by Crippen LogP contribution is 2.35. The van der Waals surface area contributed by atoms with E-state index in [1.54, 1.807) is 0 Å². The van der Waals surface area contributed by atoms with E-state index in [-0.39, 0.29) is 30.1 Å². The van der Waals surface area contributed by atoms with Crippen molar-refractivity contribution < 1.29 is 9.59 Å². The quantitative estimate of drug-likeness (QED) is 0.356. The molecule has 1 N–H and O–H groups in total. The number of rotatable bonds is 9. The number of carbonyl (C=O) groups is 2.